The minimum absolute atomic E-state index is 0.0297. The molecule has 3 N–H and O–H groups in total. The van der Waals surface area contributed by atoms with Crippen molar-refractivity contribution in [3.05, 3.63) is 24.3 Å². The van der Waals surface area contributed by atoms with Gasteiger partial charge in [-0.15, -0.1) is 0 Å². The van der Waals surface area contributed by atoms with E-state index in [4.69, 9.17) is 10.5 Å². The van der Waals surface area contributed by atoms with E-state index >= 15 is 0 Å². The summed E-state index contributed by atoms with van der Waals surface area (Å²) in [7, 11) is 0. The van der Waals surface area contributed by atoms with Crippen molar-refractivity contribution in [2.24, 2.45) is 5.92 Å². The lowest BCUT2D eigenvalue weighted by molar-refractivity contribution is -0.124. The van der Waals surface area contributed by atoms with Gasteiger partial charge in [0, 0.05) is 6.04 Å². The van der Waals surface area contributed by atoms with Crippen LogP contribution in [0.25, 0.3) is 0 Å². The predicted molar refractivity (Wildman–Crippen MR) is 80.5 cm³/mol. The zero-order chi connectivity index (χ0) is 14.4. The summed E-state index contributed by atoms with van der Waals surface area (Å²) >= 11 is 0. The molecule has 20 heavy (non-hydrogen) atoms. The number of hydrogen-bond donors (Lipinski definition) is 2. The van der Waals surface area contributed by atoms with Gasteiger partial charge in [-0.2, -0.15) is 0 Å². The first kappa shape index (κ1) is 14.7. The van der Waals surface area contributed by atoms with Crippen LogP contribution in [0.4, 0.5) is 5.69 Å². The van der Waals surface area contributed by atoms with Crippen LogP contribution in [-0.4, -0.2) is 18.6 Å². The quantitative estimate of drug-likeness (QED) is 0.813. The number of rotatable bonds is 5. The fraction of sp³-hybridized carbons (Fsp3) is 0.562. The Balaban J connectivity index is 1.72. The lowest BCUT2D eigenvalue weighted by Crippen LogP contribution is -2.40. The third-order valence-corrected chi connectivity index (χ3v) is 4.07. The number of hydrogen-bond acceptors (Lipinski definition) is 3. The van der Waals surface area contributed by atoms with Gasteiger partial charge in [0.05, 0.1) is 5.69 Å². The van der Waals surface area contributed by atoms with Crippen LogP contribution >= 0.6 is 0 Å². The molecule has 4 nitrogen and oxygen atoms in total. The van der Waals surface area contributed by atoms with Crippen molar-refractivity contribution >= 4 is 11.6 Å². The fourth-order valence-electron chi connectivity index (χ4n) is 2.74. The zero-order valence-electron chi connectivity index (χ0n) is 12.1. The van der Waals surface area contributed by atoms with E-state index in [1.54, 1.807) is 12.1 Å². The van der Waals surface area contributed by atoms with Crippen molar-refractivity contribution < 1.29 is 9.53 Å². The van der Waals surface area contributed by atoms with Crippen LogP contribution in [0.1, 0.15) is 39.0 Å². The number of carbonyl (C=O) groups is 1. The van der Waals surface area contributed by atoms with Gasteiger partial charge in [-0.25, -0.2) is 0 Å². The second kappa shape index (κ2) is 7.17. The summed E-state index contributed by atoms with van der Waals surface area (Å²) in [5.41, 5.74) is 6.32. The third kappa shape index (κ3) is 4.15. The second-order valence-corrected chi connectivity index (χ2v) is 5.52. The second-order valence-electron chi connectivity index (χ2n) is 5.52. The SMILES string of the molecule is CCC1CCC(NC(=O)COc2ccccc2N)CC1. The highest BCUT2D eigenvalue weighted by molar-refractivity contribution is 5.78. The number of nitrogen functional groups attached to an aromatic ring is 1. The van der Waals surface area contributed by atoms with Gasteiger partial charge in [-0.05, 0) is 43.7 Å². The average molecular weight is 276 g/mol. The standard InChI is InChI=1S/C16H24N2O2/c1-2-12-7-9-13(10-8-12)18-16(19)11-20-15-6-4-3-5-14(15)17/h3-6,12-13H,2,7-11,17H2,1H3,(H,18,19). The molecule has 110 valence electrons. The maximum absolute atomic E-state index is 11.9. The third-order valence-electron chi connectivity index (χ3n) is 4.07. The van der Waals surface area contributed by atoms with Gasteiger partial charge < -0.3 is 15.8 Å². The Bertz CT molecular complexity index is 440. The molecule has 1 aliphatic rings. The molecule has 1 fully saturated rings. The number of anilines is 1. The first-order valence-corrected chi connectivity index (χ1v) is 7.45. The van der Waals surface area contributed by atoms with E-state index in [-0.39, 0.29) is 12.5 Å². The largest absolute Gasteiger partial charge is 0.482 e. The zero-order valence-corrected chi connectivity index (χ0v) is 12.1. The predicted octanol–water partition coefficient (Wildman–Crippen LogP) is 2.73. The number of nitrogens with two attached hydrogens (primary N) is 1. The maximum Gasteiger partial charge on any atom is 0.258 e. The van der Waals surface area contributed by atoms with E-state index in [9.17, 15) is 4.79 Å². The molecule has 0 aliphatic heterocycles. The van der Waals surface area contributed by atoms with Gasteiger partial charge in [0.15, 0.2) is 6.61 Å². The summed E-state index contributed by atoms with van der Waals surface area (Å²) in [6, 6.07) is 7.53. The van der Waals surface area contributed by atoms with Crippen LogP contribution in [-0.2, 0) is 4.79 Å². The van der Waals surface area contributed by atoms with E-state index in [1.165, 1.54) is 19.3 Å². The van der Waals surface area contributed by atoms with Gasteiger partial charge in [-0.3, -0.25) is 4.79 Å². The van der Waals surface area contributed by atoms with E-state index < -0.39 is 0 Å². The maximum atomic E-state index is 11.9. The van der Waals surface area contributed by atoms with Gasteiger partial charge >= 0.3 is 0 Å². The molecule has 1 amide bonds. The molecule has 4 heteroatoms. The Morgan fingerprint density at radius 3 is 2.65 bits per heavy atom. The number of para-hydroxylation sites is 2. The van der Waals surface area contributed by atoms with E-state index in [0.29, 0.717) is 17.5 Å². The summed E-state index contributed by atoms with van der Waals surface area (Å²) in [4.78, 5) is 11.9. The highest BCUT2D eigenvalue weighted by atomic mass is 16.5. The molecule has 0 unspecified atom stereocenters. The molecule has 0 bridgehead atoms. The molecule has 2 rings (SSSR count). The van der Waals surface area contributed by atoms with Crippen molar-refractivity contribution in [1.82, 2.24) is 5.32 Å². The van der Waals surface area contributed by atoms with Crippen LogP contribution in [0, 0.1) is 5.92 Å². The first-order chi connectivity index (χ1) is 9.69. The molecule has 1 aliphatic carbocycles. The van der Waals surface area contributed by atoms with E-state index in [1.807, 2.05) is 12.1 Å². The Morgan fingerprint density at radius 2 is 2.00 bits per heavy atom. The molecule has 0 saturated heterocycles. The van der Waals surface area contributed by atoms with E-state index in [0.717, 1.165) is 18.8 Å². The Morgan fingerprint density at radius 1 is 1.30 bits per heavy atom. The minimum Gasteiger partial charge on any atom is -0.482 e. The van der Waals surface area contributed by atoms with Crippen molar-refractivity contribution in [2.45, 2.75) is 45.1 Å². The number of amides is 1. The molecule has 1 aromatic rings. The van der Waals surface area contributed by atoms with E-state index in [2.05, 4.69) is 12.2 Å². The molecular weight excluding hydrogens is 252 g/mol. The van der Waals surface area contributed by atoms with Gasteiger partial charge in [0.25, 0.3) is 5.91 Å². The molecule has 1 saturated carbocycles. The van der Waals surface area contributed by atoms with Gasteiger partial charge in [0.1, 0.15) is 5.75 Å². The molecule has 0 radical (unpaired) electrons. The molecule has 1 aromatic carbocycles. The normalized spacial score (nSPS) is 22.2. The monoisotopic (exact) mass is 276 g/mol. The van der Waals surface area contributed by atoms with Gasteiger partial charge in [-0.1, -0.05) is 25.5 Å². The summed E-state index contributed by atoms with van der Waals surface area (Å²) in [5, 5.41) is 3.05. The number of benzene rings is 1. The van der Waals surface area contributed by atoms with Crippen molar-refractivity contribution in [3.63, 3.8) is 0 Å². The topological polar surface area (TPSA) is 64.3 Å². The Hall–Kier alpha value is -1.71. The smallest absolute Gasteiger partial charge is 0.258 e. The number of nitrogens with one attached hydrogen (secondary N) is 1. The molecule has 0 heterocycles. The summed E-state index contributed by atoms with van der Waals surface area (Å²) < 4.78 is 5.45. The van der Waals surface area contributed by atoms with Crippen LogP contribution in [0.2, 0.25) is 0 Å². The minimum atomic E-state index is -0.0619. The van der Waals surface area contributed by atoms with Crippen LogP contribution in [0.15, 0.2) is 24.3 Å². The summed E-state index contributed by atoms with van der Waals surface area (Å²) in [5.74, 6) is 1.34. The summed E-state index contributed by atoms with van der Waals surface area (Å²) in [6.45, 7) is 2.27. The van der Waals surface area contributed by atoms with Crippen molar-refractivity contribution in [2.75, 3.05) is 12.3 Å². The molecular formula is C16H24N2O2. The average Bonchev–Trinajstić information content (AvgIpc) is 2.47. The Kier molecular flexibility index (Phi) is 5.27. The number of carbonyl (C=O) groups excluding carboxylic acids is 1. The van der Waals surface area contributed by atoms with Crippen LogP contribution in [0.3, 0.4) is 0 Å². The van der Waals surface area contributed by atoms with Crippen molar-refractivity contribution in [1.29, 1.82) is 0 Å². The van der Waals surface area contributed by atoms with Gasteiger partial charge in [0.2, 0.25) is 0 Å². The first-order valence-electron chi connectivity index (χ1n) is 7.45. The highest BCUT2D eigenvalue weighted by Crippen LogP contribution is 2.26. The Labute approximate surface area is 120 Å². The lowest BCUT2D eigenvalue weighted by atomic mass is 9.84. The van der Waals surface area contributed by atoms with Crippen LogP contribution < -0.4 is 15.8 Å². The summed E-state index contributed by atoms with van der Waals surface area (Å²) in [6.07, 6.45) is 5.84. The lowest BCUT2D eigenvalue weighted by Gasteiger charge is -2.28. The van der Waals surface area contributed by atoms with Crippen molar-refractivity contribution in [3.8, 4) is 5.75 Å². The highest BCUT2D eigenvalue weighted by Gasteiger charge is 2.21. The van der Waals surface area contributed by atoms with Crippen LogP contribution in [0.5, 0.6) is 5.75 Å². The molecule has 0 atom stereocenters. The number of ether oxygens (including phenoxy) is 1. The molecule has 0 spiro atoms. The molecule has 0 aromatic heterocycles. The fourth-order valence-corrected chi connectivity index (χ4v) is 2.74.